The van der Waals surface area contributed by atoms with Gasteiger partial charge in [0.2, 0.25) is 0 Å². The van der Waals surface area contributed by atoms with Crippen LogP contribution in [0.2, 0.25) is 10.2 Å². The van der Waals surface area contributed by atoms with Gasteiger partial charge in [0.1, 0.15) is 5.82 Å². The molecule has 1 heterocycles. The lowest BCUT2D eigenvalue weighted by atomic mass is 10.1. The minimum absolute atomic E-state index is 0.223. The molecule has 0 spiro atoms. The summed E-state index contributed by atoms with van der Waals surface area (Å²) in [6.45, 7) is 4.95. The highest BCUT2D eigenvalue weighted by Gasteiger charge is 2.10. The summed E-state index contributed by atoms with van der Waals surface area (Å²) in [5, 5.41) is 4.77. The molecule has 21 heavy (non-hydrogen) atoms. The van der Waals surface area contributed by atoms with E-state index in [4.69, 9.17) is 23.2 Å². The maximum atomic E-state index is 6.17. The lowest BCUT2D eigenvalue weighted by Gasteiger charge is -2.13. The van der Waals surface area contributed by atoms with Gasteiger partial charge in [0, 0.05) is 24.0 Å². The molecule has 2 N–H and O–H groups in total. The van der Waals surface area contributed by atoms with Crippen LogP contribution in [0.5, 0.6) is 0 Å². The normalized spacial score (nSPS) is 12.6. The molecule has 2 aromatic rings. The number of imidazole rings is 1. The van der Waals surface area contributed by atoms with E-state index in [0.29, 0.717) is 11.7 Å². The van der Waals surface area contributed by atoms with Gasteiger partial charge >= 0.3 is 0 Å². The van der Waals surface area contributed by atoms with E-state index in [0.717, 1.165) is 35.8 Å². The number of aromatic nitrogens is 2. The fourth-order valence-electron chi connectivity index (χ4n) is 2.14. The number of aryl methyl sites for hydroxylation is 1. The maximum absolute atomic E-state index is 6.17. The average molecular weight is 326 g/mol. The Labute approximate surface area is 136 Å². The molecule has 2 rings (SSSR count). The van der Waals surface area contributed by atoms with Gasteiger partial charge < -0.3 is 10.3 Å². The number of rotatable bonds is 7. The van der Waals surface area contributed by atoms with Crippen LogP contribution in [0, 0.1) is 0 Å². The molecule has 0 bridgehead atoms. The molecular weight excluding hydrogens is 305 g/mol. The molecule has 0 fully saturated rings. The van der Waals surface area contributed by atoms with Gasteiger partial charge in [-0.15, -0.1) is 0 Å². The summed E-state index contributed by atoms with van der Waals surface area (Å²) >= 11 is 12.1. The van der Waals surface area contributed by atoms with E-state index >= 15 is 0 Å². The zero-order chi connectivity index (χ0) is 15.2. The zero-order valence-corrected chi connectivity index (χ0v) is 13.9. The second kappa shape index (κ2) is 7.83. The van der Waals surface area contributed by atoms with Crippen LogP contribution in [0.4, 0.5) is 0 Å². The molecule has 1 aromatic heterocycles. The fourth-order valence-corrected chi connectivity index (χ4v) is 2.49. The summed E-state index contributed by atoms with van der Waals surface area (Å²) in [6, 6.07) is 8.09. The second-order valence-corrected chi connectivity index (χ2v) is 6.01. The Morgan fingerprint density at radius 1 is 1.24 bits per heavy atom. The summed E-state index contributed by atoms with van der Waals surface area (Å²) in [5.41, 5.74) is 2.14. The topological polar surface area (TPSA) is 40.7 Å². The Balaban J connectivity index is 1.93. The summed E-state index contributed by atoms with van der Waals surface area (Å²) in [5.74, 6) is 0.970. The van der Waals surface area contributed by atoms with Crippen LogP contribution in [0.25, 0.3) is 0 Å². The van der Waals surface area contributed by atoms with E-state index in [9.17, 15) is 0 Å². The highest BCUT2D eigenvalue weighted by atomic mass is 35.5. The molecule has 0 aliphatic rings. The largest absolute Gasteiger partial charge is 0.344 e. The highest BCUT2D eigenvalue weighted by Crippen LogP contribution is 2.18. The van der Waals surface area contributed by atoms with Gasteiger partial charge in [0.05, 0.1) is 5.69 Å². The molecule has 0 aliphatic carbocycles. The van der Waals surface area contributed by atoms with Gasteiger partial charge in [-0.3, -0.25) is 0 Å². The summed E-state index contributed by atoms with van der Waals surface area (Å²) in [7, 11) is 0. The van der Waals surface area contributed by atoms with Gasteiger partial charge in [-0.2, -0.15) is 0 Å². The molecule has 0 unspecified atom stereocenters. The summed E-state index contributed by atoms with van der Waals surface area (Å²) < 4.78 is 0. The van der Waals surface area contributed by atoms with Crippen LogP contribution in [-0.2, 0) is 13.0 Å². The molecule has 0 amide bonds. The van der Waals surface area contributed by atoms with Crippen molar-refractivity contribution < 1.29 is 0 Å². The van der Waals surface area contributed by atoms with E-state index in [-0.39, 0.29) is 6.04 Å². The van der Waals surface area contributed by atoms with Crippen molar-refractivity contribution in [2.75, 3.05) is 0 Å². The number of unbranched alkanes of at least 4 members (excludes halogenated alkanes) is 1. The van der Waals surface area contributed by atoms with Crippen molar-refractivity contribution in [2.45, 2.75) is 45.7 Å². The first-order valence-electron chi connectivity index (χ1n) is 7.32. The van der Waals surface area contributed by atoms with Crippen molar-refractivity contribution in [3.63, 3.8) is 0 Å². The molecule has 0 aliphatic heterocycles. The molecule has 0 saturated heterocycles. The molecular formula is C16H21Cl2N3. The lowest BCUT2D eigenvalue weighted by molar-refractivity contribution is 0.568. The molecule has 3 nitrogen and oxygen atoms in total. The number of nitrogens with one attached hydrogen (secondary N) is 2. The fraction of sp³-hybridized carbons (Fsp3) is 0.438. The summed E-state index contributed by atoms with van der Waals surface area (Å²) in [6.07, 6.45) is 3.22. The Morgan fingerprint density at radius 3 is 2.62 bits per heavy atom. The lowest BCUT2D eigenvalue weighted by Crippen LogP contribution is -2.18. The van der Waals surface area contributed by atoms with E-state index in [1.54, 1.807) is 0 Å². The van der Waals surface area contributed by atoms with Crippen LogP contribution in [0.3, 0.4) is 0 Å². The van der Waals surface area contributed by atoms with Gasteiger partial charge in [-0.25, -0.2) is 4.98 Å². The first-order valence-corrected chi connectivity index (χ1v) is 8.07. The minimum atomic E-state index is 0.223. The Bertz CT molecular complexity index is 563. The first kappa shape index (κ1) is 16.3. The predicted octanol–water partition coefficient (Wildman–Crippen LogP) is 4.91. The quantitative estimate of drug-likeness (QED) is 0.759. The van der Waals surface area contributed by atoms with Crippen LogP contribution < -0.4 is 5.32 Å². The number of hydrogen-bond donors (Lipinski definition) is 2. The van der Waals surface area contributed by atoms with Crippen molar-refractivity contribution in [3.05, 3.63) is 51.5 Å². The van der Waals surface area contributed by atoms with Crippen molar-refractivity contribution in [1.29, 1.82) is 0 Å². The average Bonchev–Trinajstić information content (AvgIpc) is 2.83. The highest BCUT2D eigenvalue weighted by molar-refractivity contribution is 6.30. The molecule has 114 valence electrons. The number of benzene rings is 1. The van der Waals surface area contributed by atoms with Crippen molar-refractivity contribution in [3.8, 4) is 0 Å². The molecule has 0 saturated carbocycles. The van der Waals surface area contributed by atoms with Crippen LogP contribution >= 0.6 is 23.2 Å². The minimum Gasteiger partial charge on any atom is -0.344 e. The number of H-pyrrole nitrogens is 1. The third kappa shape index (κ3) is 4.73. The Hall–Kier alpha value is -1.03. The second-order valence-electron chi connectivity index (χ2n) is 5.21. The molecule has 1 atom stereocenters. The molecule has 1 aromatic carbocycles. The predicted molar refractivity (Wildman–Crippen MR) is 88.9 cm³/mol. The molecule has 5 heteroatoms. The monoisotopic (exact) mass is 325 g/mol. The van der Waals surface area contributed by atoms with Crippen LogP contribution in [-0.4, -0.2) is 9.97 Å². The number of halogens is 2. The number of aromatic amines is 1. The third-order valence-corrected chi connectivity index (χ3v) is 4.06. The zero-order valence-electron chi connectivity index (χ0n) is 12.4. The van der Waals surface area contributed by atoms with E-state index < -0.39 is 0 Å². The van der Waals surface area contributed by atoms with E-state index in [1.807, 2.05) is 24.3 Å². The maximum Gasteiger partial charge on any atom is 0.151 e. The van der Waals surface area contributed by atoms with Gasteiger partial charge in [-0.05, 0) is 31.0 Å². The van der Waals surface area contributed by atoms with Crippen molar-refractivity contribution in [1.82, 2.24) is 15.3 Å². The third-order valence-electron chi connectivity index (χ3n) is 3.50. The van der Waals surface area contributed by atoms with E-state index in [2.05, 4.69) is 29.1 Å². The van der Waals surface area contributed by atoms with Crippen LogP contribution in [0.1, 0.15) is 49.8 Å². The van der Waals surface area contributed by atoms with Gasteiger partial charge in [0.15, 0.2) is 5.15 Å². The molecule has 0 radical (unpaired) electrons. The van der Waals surface area contributed by atoms with E-state index in [1.165, 1.54) is 5.56 Å². The van der Waals surface area contributed by atoms with Gasteiger partial charge in [0.25, 0.3) is 0 Å². The van der Waals surface area contributed by atoms with Gasteiger partial charge in [-0.1, -0.05) is 48.7 Å². The first-order chi connectivity index (χ1) is 10.1. The van der Waals surface area contributed by atoms with Crippen LogP contribution in [0.15, 0.2) is 24.3 Å². The number of nitrogens with zero attached hydrogens (tertiary/aromatic N) is 1. The standard InChI is InChI=1S/C16H21Cl2N3/c1-3-4-5-15-20-14(16(18)21-15)10-19-11(2)12-6-8-13(17)9-7-12/h6-9,11,19H,3-5,10H2,1-2H3,(H,20,21)/t11-/m1/s1. The SMILES string of the molecule is CCCCc1nc(Cl)c(CN[C@H](C)c2ccc(Cl)cc2)[nH]1. The number of hydrogen-bond acceptors (Lipinski definition) is 2. The van der Waals surface area contributed by atoms with Crippen molar-refractivity contribution >= 4 is 23.2 Å². The Morgan fingerprint density at radius 2 is 1.95 bits per heavy atom. The Kier molecular flexibility index (Phi) is 6.09. The van der Waals surface area contributed by atoms with Crippen molar-refractivity contribution in [2.24, 2.45) is 0 Å². The summed E-state index contributed by atoms with van der Waals surface area (Å²) in [4.78, 5) is 7.67. The smallest absolute Gasteiger partial charge is 0.151 e.